The zero-order valence-electron chi connectivity index (χ0n) is 9.63. The van der Waals surface area contributed by atoms with E-state index in [2.05, 4.69) is 4.98 Å². The molecule has 0 aliphatic rings. The van der Waals surface area contributed by atoms with Crippen molar-refractivity contribution in [1.82, 2.24) is 4.98 Å². The number of phenolic OH excluding ortho intramolecular Hbond substituents is 1. The summed E-state index contributed by atoms with van der Waals surface area (Å²) in [5.74, 6) is 0.249. The fraction of sp³-hybridized carbons (Fsp3) is 0.308. The fourth-order valence-corrected chi connectivity index (χ4v) is 2.52. The van der Waals surface area contributed by atoms with E-state index in [1.54, 1.807) is 23.5 Å². The SMILES string of the molecule is Cc1csc(CC(O)Cc2ccc(O)cc2)n1. The first kappa shape index (κ1) is 12.1. The second kappa shape index (κ2) is 5.29. The van der Waals surface area contributed by atoms with Gasteiger partial charge < -0.3 is 10.2 Å². The highest BCUT2D eigenvalue weighted by atomic mass is 32.1. The monoisotopic (exact) mass is 249 g/mol. The molecule has 1 aromatic heterocycles. The number of aryl methyl sites for hydroxylation is 1. The summed E-state index contributed by atoms with van der Waals surface area (Å²) >= 11 is 1.58. The molecule has 90 valence electrons. The summed E-state index contributed by atoms with van der Waals surface area (Å²) < 4.78 is 0. The average Bonchev–Trinajstić information content (AvgIpc) is 2.67. The molecule has 0 saturated carbocycles. The van der Waals surface area contributed by atoms with Gasteiger partial charge in [-0.05, 0) is 31.0 Å². The topological polar surface area (TPSA) is 53.4 Å². The van der Waals surface area contributed by atoms with E-state index < -0.39 is 6.10 Å². The number of benzene rings is 1. The summed E-state index contributed by atoms with van der Waals surface area (Å²) in [5.41, 5.74) is 2.02. The number of aromatic nitrogens is 1. The van der Waals surface area contributed by atoms with Gasteiger partial charge in [-0.15, -0.1) is 11.3 Å². The van der Waals surface area contributed by atoms with Crippen molar-refractivity contribution in [3.63, 3.8) is 0 Å². The predicted octanol–water partition coefficient (Wildman–Crippen LogP) is 2.30. The molecule has 1 unspecified atom stereocenters. The zero-order valence-corrected chi connectivity index (χ0v) is 10.4. The van der Waals surface area contributed by atoms with Crippen molar-refractivity contribution in [2.24, 2.45) is 0 Å². The minimum absolute atomic E-state index is 0.249. The Bertz CT molecular complexity index is 478. The lowest BCUT2D eigenvalue weighted by molar-refractivity contribution is 0.175. The molecule has 1 atom stereocenters. The van der Waals surface area contributed by atoms with E-state index in [0.29, 0.717) is 12.8 Å². The van der Waals surface area contributed by atoms with E-state index in [-0.39, 0.29) is 5.75 Å². The maximum atomic E-state index is 9.94. The molecule has 0 bridgehead atoms. The van der Waals surface area contributed by atoms with Crippen LogP contribution in [0.4, 0.5) is 0 Å². The van der Waals surface area contributed by atoms with Crippen molar-refractivity contribution in [2.45, 2.75) is 25.9 Å². The van der Waals surface area contributed by atoms with Crippen molar-refractivity contribution in [2.75, 3.05) is 0 Å². The van der Waals surface area contributed by atoms with Gasteiger partial charge in [0.05, 0.1) is 11.1 Å². The molecule has 2 aromatic rings. The van der Waals surface area contributed by atoms with Crippen LogP contribution in [0.2, 0.25) is 0 Å². The summed E-state index contributed by atoms with van der Waals surface area (Å²) in [6.07, 6.45) is 0.739. The summed E-state index contributed by atoms with van der Waals surface area (Å²) in [6, 6.07) is 6.92. The normalized spacial score (nSPS) is 12.6. The Labute approximate surface area is 104 Å². The van der Waals surface area contributed by atoms with Crippen LogP contribution in [0.25, 0.3) is 0 Å². The number of hydrogen-bond donors (Lipinski definition) is 2. The fourth-order valence-electron chi connectivity index (χ4n) is 1.67. The minimum atomic E-state index is -0.426. The molecule has 0 spiro atoms. The Morgan fingerprint density at radius 3 is 2.53 bits per heavy atom. The van der Waals surface area contributed by atoms with Crippen LogP contribution in [0.5, 0.6) is 5.75 Å². The van der Waals surface area contributed by atoms with E-state index in [1.807, 2.05) is 24.4 Å². The molecule has 1 heterocycles. The van der Waals surface area contributed by atoms with Crippen LogP contribution >= 0.6 is 11.3 Å². The van der Waals surface area contributed by atoms with Gasteiger partial charge in [-0.3, -0.25) is 0 Å². The number of hydrogen-bond acceptors (Lipinski definition) is 4. The third-order valence-electron chi connectivity index (χ3n) is 2.48. The van der Waals surface area contributed by atoms with E-state index in [0.717, 1.165) is 16.3 Å². The number of aliphatic hydroxyl groups is 1. The second-order valence-corrected chi connectivity index (χ2v) is 5.05. The van der Waals surface area contributed by atoms with Crippen LogP contribution in [0, 0.1) is 6.92 Å². The molecular weight excluding hydrogens is 234 g/mol. The lowest BCUT2D eigenvalue weighted by Gasteiger charge is -2.08. The summed E-state index contributed by atoms with van der Waals surface area (Å²) in [7, 11) is 0. The lowest BCUT2D eigenvalue weighted by Crippen LogP contribution is -2.13. The summed E-state index contributed by atoms with van der Waals surface area (Å²) in [5, 5.41) is 22.1. The molecule has 0 fully saturated rings. The van der Waals surface area contributed by atoms with Crippen molar-refractivity contribution < 1.29 is 10.2 Å². The van der Waals surface area contributed by atoms with Gasteiger partial charge >= 0.3 is 0 Å². The van der Waals surface area contributed by atoms with Crippen molar-refractivity contribution in [3.05, 3.63) is 45.9 Å². The molecule has 0 radical (unpaired) electrons. The lowest BCUT2D eigenvalue weighted by atomic mass is 10.1. The quantitative estimate of drug-likeness (QED) is 0.874. The molecule has 0 amide bonds. The first-order valence-corrected chi connectivity index (χ1v) is 6.38. The van der Waals surface area contributed by atoms with Crippen LogP contribution in [0.1, 0.15) is 16.3 Å². The molecule has 3 nitrogen and oxygen atoms in total. The summed E-state index contributed by atoms with van der Waals surface area (Å²) in [6.45, 7) is 1.95. The van der Waals surface area contributed by atoms with Gasteiger partial charge in [0.25, 0.3) is 0 Å². The molecule has 2 rings (SSSR count). The highest BCUT2D eigenvalue weighted by molar-refractivity contribution is 7.09. The Balaban J connectivity index is 1.93. The standard InChI is InChI=1S/C13H15NO2S/c1-9-8-17-13(14-9)7-12(16)6-10-2-4-11(15)5-3-10/h2-5,8,12,15-16H,6-7H2,1H3. The minimum Gasteiger partial charge on any atom is -0.508 e. The van der Waals surface area contributed by atoms with Crippen molar-refractivity contribution in [3.8, 4) is 5.75 Å². The van der Waals surface area contributed by atoms with Crippen molar-refractivity contribution >= 4 is 11.3 Å². The van der Waals surface area contributed by atoms with Gasteiger partial charge in [-0.1, -0.05) is 12.1 Å². The Morgan fingerprint density at radius 1 is 1.24 bits per heavy atom. The number of phenols is 1. The Kier molecular flexibility index (Phi) is 3.76. The third-order valence-corrected chi connectivity index (χ3v) is 3.47. The van der Waals surface area contributed by atoms with Crippen LogP contribution < -0.4 is 0 Å². The van der Waals surface area contributed by atoms with Gasteiger partial charge in [0.2, 0.25) is 0 Å². The number of rotatable bonds is 4. The first-order valence-electron chi connectivity index (χ1n) is 5.50. The highest BCUT2D eigenvalue weighted by Crippen LogP contribution is 2.15. The molecule has 0 saturated heterocycles. The van der Waals surface area contributed by atoms with Gasteiger partial charge in [0.1, 0.15) is 5.75 Å². The Morgan fingerprint density at radius 2 is 1.94 bits per heavy atom. The molecule has 0 aliphatic carbocycles. The molecular formula is C13H15NO2S. The summed E-state index contributed by atoms with van der Waals surface area (Å²) in [4.78, 5) is 4.32. The number of thiazole rings is 1. The van der Waals surface area contributed by atoms with Crippen LogP contribution in [0.15, 0.2) is 29.6 Å². The highest BCUT2D eigenvalue weighted by Gasteiger charge is 2.09. The van der Waals surface area contributed by atoms with E-state index in [1.165, 1.54) is 0 Å². The van der Waals surface area contributed by atoms with Crippen LogP contribution in [-0.2, 0) is 12.8 Å². The predicted molar refractivity (Wildman–Crippen MR) is 68.4 cm³/mol. The Hall–Kier alpha value is -1.39. The molecule has 1 aromatic carbocycles. The zero-order chi connectivity index (χ0) is 12.3. The second-order valence-electron chi connectivity index (χ2n) is 4.11. The van der Waals surface area contributed by atoms with E-state index >= 15 is 0 Å². The van der Waals surface area contributed by atoms with Crippen LogP contribution in [0.3, 0.4) is 0 Å². The number of nitrogens with zero attached hydrogens (tertiary/aromatic N) is 1. The molecule has 17 heavy (non-hydrogen) atoms. The van der Waals surface area contributed by atoms with E-state index in [9.17, 15) is 5.11 Å². The molecule has 0 aliphatic heterocycles. The maximum absolute atomic E-state index is 9.94. The van der Waals surface area contributed by atoms with Crippen LogP contribution in [-0.4, -0.2) is 21.3 Å². The van der Waals surface area contributed by atoms with E-state index in [4.69, 9.17) is 5.11 Å². The molecule has 2 N–H and O–H groups in total. The first-order chi connectivity index (χ1) is 8.13. The van der Waals surface area contributed by atoms with Gasteiger partial charge in [0.15, 0.2) is 0 Å². The van der Waals surface area contributed by atoms with Gasteiger partial charge in [0, 0.05) is 17.5 Å². The average molecular weight is 249 g/mol. The van der Waals surface area contributed by atoms with Gasteiger partial charge in [-0.2, -0.15) is 0 Å². The number of aromatic hydroxyl groups is 1. The van der Waals surface area contributed by atoms with Crippen molar-refractivity contribution in [1.29, 1.82) is 0 Å². The molecule has 4 heteroatoms. The third kappa shape index (κ3) is 3.54. The largest absolute Gasteiger partial charge is 0.508 e. The van der Waals surface area contributed by atoms with Gasteiger partial charge in [-0.25, -0.2) is 4.98 Å². The smallest absolute Gasteiger partial charge is 0.115 e. The number of aliphatic hydroxyl groups excluding tert-OH is 1. The maximum Gasteiger partial charge on any atom is 0.115 e.